The predicted molar refractivity (Wildman–Crippen MR) is 63.8 cm³/mol. The molecule has 2 rings (SSSR count). The van der Waals surface area contributed by atoms with Crippen molar-refractivity contribution in [2.45, 2.75) is 19.9 Å². The van der Waals surface area contributed by atoms with Gasteiger partial charge >= 0.3 is 0 Å². The number of nitrogens with zero attached hydrogens (tertiary/aromatic N) is 2. The van der Waals surface area contributed by atoms with E-state index in [-0.39, 0.29) is 5.56 Å². The van der Waals surface area contributed by atoms with Crippen LogP contribution in [0.25, 0.3) is 11.4 Å². The third-order valence-electron chi connectivity index (χ3n) is 2.24. The van der Waals surface area contributed by atoms with E-state index in [1.54, 1.807) is 16.8 Å². The minimum Gasteiger partial charge on any atom is -0.315 e. The van der Waals surface area contributed by atoms with Crippen molar-refractivity contribution in [3.63, 3.8) is 0 Å². The second kappa shape index (κ2) is 4.44. The molecule has 0 amide bonds. The molecule has 0 spiro atoms. The standard InChI is InChI=1S/C10H12N4OS/c1-2-5-14-6-3-4-7(9(14)15)8-11-10(16)13-12-8/h3-4,6H,2,5H2,1H3,(H2,11,12,13,16). The number of hydrogen-bond acceptors (Lipinski definition) is 3. The molecule has 2 N–H and O–H groups in total. The van der Waals surface area contributed by atoms with Gasteiger partial charge in [0.25, 0.3) is 5.56 Å². The zero-order chi connectivity index (χ0) is 11.5. The summed E-state index contributed by atoms with van der Waals surface area (Å²) in [4.78, 5) is 16.1. The van der Waals surface area contributed by atoms with Gasteiger partial charge in [0.1, 0.15) is 0 Å². The third kappa shape index (κ3) is 1.96. The van der Waals surface area contributed by atoms with Crippen LogP contribution < -0.4 is 5.56 Å². The van der Waals surface area contributed by atoms with E-state index in [0.29, 0.717) is 22.7 Å². The quantitative estimate of drug-likeness (QED) is 0.797. The largest absolute Gasteiger partial charge is 0.315 e. The van der Waals surface area contributed by atoms with Crippen LogP contribution in [-0.2, 0) is 6.54 Å². The molecule has 0 fully saturated rings. The monoisotopic (exact) mass is 236 g/mol. The Balaban J connectivity index is 2.54. The van der Waals surface area contributed by atoms with Crippen LogP contribution in [0.5, 0.6) is 0 Å². The Morgan fingerprint density at radius 3 is 2.94 bits per heavy atom. The summed E-state index contributed by atoms with van der Waals surface area (Å²) in [6, 6.07) is 3.56. The predicted octanol–water partition coefficient (Wildman–Crippen LogP) is 1.71. The number of rotatable bonds is 3. The van der Waals surface area contributed by atoms with Crippen molar-refractivity contribution >= 4 is 12.2 Å². The second-order valence-electron chi connectivity index (χ2n) is 3.44. The maximum atomic E-state index is 12.0. The van der Waals surface area contributed by atoms with Gasteiger partial charge in [-0.05, 0) is 30.8 Å². The number of aryl methyl sites for hydroxylation is 1. The van der Waals surface area contributed by atoms with Gasteiger partial charge in [-0.3, -0.25) is 15.0 Å². The molecule has 6 heteroatoms. The van der Waals surface area contributed by atoms with Gasteiger partial charge in [0.05, 0.1) is 5.56 Å². The lowest BCUT2D eigenvalue weighted by Gasteiger charge is -2.04. The van der Waals surface area contributed by atoms with E-state index in [1.807, 2.05) is 13.0 Å². The molecular formula is C10H12N4OS. The highest BCUT2D eigenvalue weighted by atomic mass is 32.1. The number of nitrogens with one attached hydrogen (secondary N) is 2. The summed E-state index contributed by atoms with van der Waals surface area (Å²) in [6.07, 6.45) is 2.69. The van der Waals surface area contributed by atoms with Crippen LogP contribution in [0.2, 0.25) is 0 Å². The van der Waals surface area contributed by atoms with E-state index in [9.17, 15) is 4.79 Å². The molecule has 0 atom stereocenters. The van der Waals surface area contributed by atoms with Crippen molar-refractivity contribution in [1.29, 1.82) is 0 Å². The summed E-state index contributed by atoms with van der Waals surface area (Å²) in [7, 11) is 0. The molecule has 0 radical (unpaired) electrons. The van der Waals surface area contributed by atoms with Crippen molar-refractivity contribution in [2.75, 3.05) is 0 Å². The number of pyridine rings is 1. The smallest absolute Gasteiger partial charge is 0.261 e. The van der Waals surface area contributed by atoms with Gasteiger partial charge in [0.15, 0.2) is 5.82 Å². The Morgan fingerprint density at radius 1 is 1.50 bits per heavy atom. The van der Waals surface area contributed by atoms with Crippen molar-refractivity contribution < 1.29 is 0 Å². The van der Waals surface area contributed by atoms with Crippen LogP contribution in [0.4, 0.5) is 0 Å². The average molecular weight is 236 g/mol. The molecule has 0 aromatic carbocycles. The molecule has 0 saturated carbocycles. The Morgan fingerprint density at radius 2 is 2.31 bits per heavy atom. The summed E-state index contributed by atoms with van der Waals surface area (Å²) in [5.74, 6) is 0.487. The van der Waals surface area contributed by atoms with Gasteiger partial charge in [0, 0.05) is 12.7 Å². The van der Waals surface area contributed by atoms with Gasteiger partial charge < -0.3 is 4.57 Å². The number of aromatic nitrogens is 4. The highest BCUT2D eigenvalue weighted by Gasteiger charge is 2.07. The summed E-state index contributed by atoms with van der Waals surface area (Å²) in [5, 5.41) is 5.45. The molecule has 2 aromatic heterocycles. The van der Waals surface area contributed by atoms with Gasteiger partial charge in [-0.25, -0.2) is 0 Å². The molecule has 2 heterocycles. The maximum absolute atomic E-state index is 12.0. The summed E-state index contributed by atoms with van der Waals surface area (Å²) in [6.45, 7) is 2.74. The normalized spacial score (nSPS) is 10.6. The fourth-order valence-corrected chi connectivity index (χ4v) is 1.67. The lowest BCUT2D eigenvalue weighted by atomic mass is 10.2. The molecule has 0 aliphatic heterocycles. The third-order valence-corrected chi connectivity index (χ3v) is 2.43. The van der Waals surface area contributed by atoms with E-state index >= 15 is 0 Å². The minimum absolute atomic E-state index is 0.0536. The molecule has 0 aliphatic rings. The lowest BCUT2D eigenvalue weighted by molar-refractivity contribution is 0.655. The van der Waals surface area contributed by atoms with Crippen LogP contribution in [-0.4, -0.2) is 19.7 Å². The van der Waals surface area contributed by atoms with E-state index in [2.05, 4.69) is 15.2 Å². The maximum Gasteiger partial charge on any atom is 0.261 e. The zero-order valence-corrected chi connectivity index (χ0v) is 9.67. The van der Waals surface area contributed by atoms with Crippen molar-refractivity contribution in [3.8, 4) is 11.4 Å². The van der Waals surface area contributed by atoms with Gasteiger partial charge in [-0.15, -0.1) is 0 Å². The van der Waals surface area contributed by atoms with Crippen LogP contribution in [0.15, 0.2) is 23.1 Å². The highest BCUT2D eigenvalue weighted by Crippen LogP contribution is 2.07. The molecule has 0 unspecified atom stereocenters. The van der Waals surface area contributed by atoms with E-state index in [4.69, 9.17) is 12.2 Å². The SMILES string of the molecule is CCCn1cccc(-c2nc(=S)[nH][nH]2)c1=O. The Hall–Kier alpha value is -1.69. The van der Waals surface area contributed by atoms with Crippen molar-refractivity contribution in [3.05, 3.63) is 33.5 Å². The summed E-state index contributed by atoms with van der Waals surface area (Å²) < 4.78 is 2.02. The first-order valence-corrected chi connectivity index (χ1v) is 5.47. The van der Waals surface area contributed by atoms with Crippen LogP contribution >= 0.6 is 12.2 Å². The van der Waals surface area contributed by atoms with Gasteiger partial charge in [-0.1, -0.05) is 6.92 Å². The fraction of sp³-hybridized carbons (Fsp3) is 0.300. The Bertz CT molecular complexity index is 595. The molecule has 0 saturated heterocycles. The molecule has 2 aromatic rings. The summed E-state index contributed by atoms with van der Waals surface area (Å²) >= 11 is 4.85. The minimum atomic E-state index is -0.0536. The number of H-pyrrole nitrogens is 2. The fourth-order valence-electron chi connectivity index (χ4n) is 1.53. The van der Waals surface area contributed by atoms with E-state index in [0.717, 1.165) is 6.42 Å². The first-order valence-electron chi connectivity index (χ1n) is 5.07. The van der Waals surface area contributed by atoms with Crippen molar-refractivity contribution in [1.82, 2.24) is 19.7 Å². The molecule has 16 heavy (non-hydrogen) atoms. The van der Waals surface area contributed by atoms with E-state index < -0.39 is 0 Å². The van der Waals surface area contributed by atoms with E-state index in [1.165, 1.54) is 0 Å². The molecule has 5 nitrogen and oxygen atoms in total. The summed E-state index contributed by atoms with van der Waals surface area (Å²) in [5.41, 5.74) is 0.477. The molecular weight excluding hydrogens is 224 g/mol. The first-order chi connectivity index (χ1) is 7.72. The number of aromatic amines is 2. The highest BCUT2D eigenvalue weighted by molar-refractivity contribution is 7.71. The molecule has 0 bridgehead atoms. The Kier molecular flexibility index (Phi) is 3.00. The zero-order valence-electron chi connectivity index (χ0n) is 8.86. The van der Waals surface area contributed by atoms with Gasteiger partial charge in [0.2, 0.25) is 4.77 Å². The second-order valence-corrected chi connectivity index (χ2v) is 3.82. The topological polar surface area (TPSA) is 66.5 Å². The lowest BCUT2D eigenvalue weighted by Crippen LogP contribution is -2.20. The van der Waals surface area contributed by atoms with Crippen LogP contribution in [0, 0.1) is 4.77 Å². The molecule has 0 aliphatic carbocycles. The molecule has 84 valence electrons. The Labute approximate surface area is 97.2 Å². The van der Waals surface area contributed by atoms with Gasteiger partial charge in [-0.2, -0.15) is 4.98 Å². The first kappa shape index (κ1) is 10.8. The average Bonchev–Trinajstić information content (AvgIpc) is 2.68. The van der Waals surface area contributed by atoms with Crippen molar-refractivity contribution in [2.24, 2.45) is 0 Å². The van der Waals surface area contributed by atoms with Crippen LogP contribution in [0.1, 0.15) is 13.3 Å². The number of hydrogen-bond donors (Lipinski definition) is 2. The van der Waals surface area contributed by atoms with Crippen LogP contribution in [0.3, 0.4) is 0 Å².